The number of carbonyl (C=O) groups is 2. The lowest BCUT2D eigenvalue weighted by Crippen LogP contribution is -2.25. The summed E-state index contributed by atoms with van der Waals surface area (Å²) < 4.78 is 9.81. The number of cyclic esters (lactones) is 1. The summed E-state index contributed by atoms with van der Waals surface area (Å²) >= 11 is 0. The maximum absolute atomic E-state index is 11.6. The summed E-state index contributed by atoms with van der Waals surface area (Å²) in [5.41, 5.74) is 1.34. The molecule has 1 heterocycles. The smallest absolute Gasteiger partial charge is 0.352 e. The second-order valence-corrected chi connectivity index (χ2v) is 3.53. The fourth-order valence-corrected chi connectivity index (χ4v) is 1.67. The van der Waals surface area contributed by atoms with Crippen LogP contribution in [0.5, 0.6) is 0 Å². The highest BCUT2D eigenvalue weighted by Crippen LogP contribution is 2.26. The van der Waals surface area contributed by atoms with Gasteiger partial charge in [0, 0.05) is 11.6 Å². The van der Waals surface area contributed by atoms with Crippen molar-refractivity contribution < 1.29 is 19.1 Å². The van der Waals surface area contributed by atoms with Gasteiger partial charge in [-0.2, -0.15) is 0 Å². The van der Waals surface area contributed by atoms with E-state index < -0.39 is 18.0 Å². The summed E-state index contributed by atoms with van der Waals surface area (Å²) in [5, 5.41) is 0. The zero-order chi connectivity index (χ0) is 12.3. The van der Waals surface area contributed by atoms with Crippen LogP contribution in [0.25, 0.3) is 5.57 Å². The van der Waals surface area contributed by atoms with Gasteiger partial charge in [0.2, 0.25) is 6.10 Å². The molecule has 0 aromatic heterocycles. The van der Waals surface area contributed by atoms with Crippen LogP contribution in [-0.4, -0.2) is 24.6 Å². The summed E-state index contributed by atoms with van der Waals surface area (Å²) in [6.45, 7) is 1.97. The van der Waals surface area contributed by atoms with Gasteiger partial charge >= 0.3 is 11.9 Å². The molecular weight excluding hydrogens is 220 g/mol. The Balaban J connectivity index is 2.28. The van der Waals surface area contributed by atoms with Crippen LogP contribution < -0.4 is 0 Å². The zero-order valence-corrected chi connectivity index (χ0v) is 9.38. The van der Waals surface area contributed by atoms with Gasteiger partial charge in [-0.05, 0) is 12.5 Å². The van der Waals surface area contributed by atoms with Crippen molar-refractivity contribution in [1.29, 1.82) is 0 Å². The molecule has 0 amide bonds. The van der Waals surface area contributed by atoms with Crippen LogP contribution in [0.3, 0.4) is 0 Å². The van der Waals surface area contributed by atoms with Gasteiger partial charge in [0.05, 0.1) is 6.61 Å². The first-order valence-corrected chi connectivity index (χ1v) is 5.36. The molecule has 1 atom stereocenters. The minimum absolute atomic E-state index is 0.259. The third-order valence-electron chi connectivity index (χ3n) is 2.40. The quantitative estimate of drug-likeness (QED) is 0.742. The van der Waals surface area contributed by atoms with E-state index in [0.29, 0.717) is 5.57 Å². The lowest BCUT2D eigenvalue weighted by Gasteiger charge is -2.12. The fraction of sp³-hybridized carbons (Fsp3) is 0.231. The molecule has 4 nitrogen and oxygen atoms in total. The number of hydrogen-bond donors (Lipinski definition) is 0. The Kier molecular flexibility index (Phi) is 3.23. The second kappa shape index (κ2) is 4.82. The lowest BCUT2D eigenvalue weighted by atomic mass is 10.0. The fourth-order valence-electron chi connectivity index (χ4n) is 1.67. The molecule has 1 aliphatic heterocycles. The number of carbonyl (C=O) groups excluding carboxylic acids is 2. The molecule has 0 saturated heterocycles. The van der Waals surface area contributed by atoms with E-state index in [2.05, 4.69) is 0 Å². The van der Waals surface area contributed by atoms with Crippen LogP contribution in [0.1, 0.15) is 12.5 Å². The molecule has 1 aliphatic rings. The molecule has 0 N–H and O–H groups in total. The molecular formula is C13H12O4. The summed E-state index contributed by atoms with van der Waals surface area (Å²) in [4.78, 5) is 22.9. The number of hydrogen-bond acceptors (Lipinski definition) is 4. The average Bonchev–Trinajstić information content (AvgIpc) is 2.73. The highest BCUT2D eigenvalue weighted by molar-refractivity contribution is 6.05. The van der Waals surface area contributed by atoms with E-state index >= 15 is 0 Å². The van der Waals surface area contributed by atoms with Crippen LogP contribution in [0.4, 0.5) is 0 Å². The van der Waals surface area contributed by atoms with Gasteiger partial charge in [-0.3, -0.25) is 0 Å². The number of benzene rings is 1. The van der Waals surface area contributed by atoms with Crippen molar-refractivity contribution in [2.75, 3.05) is 6.61 Å². The first-order chi connectivity index (χ1) is 8.22. The normalized spacial score (nSPS) is 18.5. The van der Waals surface area contributed by atoms with E-state index in [9.17, 15) is 9.59 Å². The highest BCUT2D eigenvalue weighted by atomic mass is 16.6. The van der Waals surface area contributed by atoms with Crippen molar-refractivity contribution in [3.05, 3.63) is 42.0 Å². The Labute approximate surface area is 98.8 Å². The maximum atomic E-state index is 11.6. The van der Waals surface area contributed by atoms with Crippen molar-refractivity contribution in [1.82, 2.24) is 0 Å². The minimum Gasteiger partial charge on any atom is -0.463 e. The van der Waals surface area contributed by atoms with Gasteiger partial charge in [0.1, 0.15) is 0 Å². The molecule has 88 valence electrons. The zero-order valence-electron chi connectivity index (χ0n) is 9.38. The third-order valence-corrected chi connectivity index (χ3v) is 2.40. The van der Waals surface area contributed by atoms with Crippen molar-refractivity contribution in [3.8, 4) is 0 Å². The lowest BCUT2D eigenvalue weighted by molar-refractivity contribution is -0.158. The second-order valence-electron chi connectivity index (χ2n) is 3.53. The molecule has 2 rings (SSSR count). The van der Waals surface area contributed by atoms with Gasteiger partial charge in [-0.25, -0.2) is 9.59 Å². The molecule has 0 fully saturated rings. The molecule has 1 aromatic carbocycles. The Hall–Kier alpha value is -2.10. The van der Waals surface area contributed by atoms with Crippen LogP contribution in [-0.2, 0) is 19.1 Å². The van der Waals surface area contributed by atoms with Gasteiger partial charge in [0.25, 0.3) is 0 Å². The number of rotatable bonds is 3. The van der Waals surface area contributed by atoms with Gasteiger partial charge in [0.15, 0.2) is 0 Å². The highest BCUT2D eigenvalue weighted by Gasteiger charge is 2.34. The molecule has 0 aliphatic carbocycles. The predicted molar refractivity (Wildman–Crippen MR) is 60.9 cm³/mol. The van der Waals surface area contributed by atoms with Crippen LogP contribution >= 0.6 is 0 Å². The first kappa shape index (κ1) is 11.4. The Morgan fingerprint density at radius 1 is 1.35 bits per heavy atom. The molecule has 0 unspecified atom stereocenters. The maximum Gasteiger partial charge on any atom is 0.352 e. The van der Waals surface area contributed by atoms with E-state index in [0.717, 1.165) is 5.56 Å². The van der Waals surface area contributed by atoms with E-state index in [1.54, 1.807) is 6.92 Å². The topological polar surface area (TPSA) is 52.6 Å². The molecule has 1 aromatic rings. The van der Waals surface area contributed by atoms with Crippen LogP contribution in [0.2, 0.25) is 0 Å². The predicted octanol–water partition coefficient (Wildman–Crippen LogP) is 1.56. The SMILES string of the molecule is CCOC(=O)[C@@H]1OC(=O)C=C1c1ccccc1. The number of esters is 2. The van der Waals surface area contributed by atoms with Gasteiger partial charge in [-0.15, -0.1) is 0 Å². The summed E-state index contributed by atoms with van der Waals surface area (Å²) in [7, 11) is 0. The van der Waals surface area contributed by atoms with E-state index in [-0.39, 0.29) is 6.61 Å². The molecule has 4 heteroatoms. The first-order valence-electron chi connectivity index (χ1n) is 5.36. The van der Waals surface area contributed by atoms with E-state index in [4.69, 9.17) is 9.47 Å². The van der Waals surface area contributed by atoms with Gasteiger partial charge in [-0.1, -0.05) is 30.3 Å². The van der Waals surface area contributed by atoms with E-state index in [1.165, 1.54) is 6.08 Å². The Morgan fingerprint density at radius 2 is 2.06 bits per heavy atom. The van der Waals surface area contributed by atoms with Crippen molar-refractivity contribution in [2.45, 2.75) is 13.0 Å². The van der Waals surface area contributed by atoms with Crippen molar-refractivity contribution in [2.24, 2.45) is 0 Å². The molecule has 0 saturated carbocycles. The third kappa shape index (κ3) is 2.36. The molecule has 0 spiro atoms. The van der Waals surface area contributed by atoms with Crippen LogP contribution in [0.15, 0.2) is 36.4 Å². The van der Waals surface area contributed by atoms with Crippen molar-refractivity contribution in [3.63, 3.8) is 0 Å². The molecule has 17 heavy (non-hydrogen) atoms. The summed E-state index contributed by atoms with van der Waals surface area (Å²) in [6, 6.07) is 9.17. The Morgan fingerprint density at radius 3 is 2.71 bits per heavy atom. The van der Waals surface area contributed by atoms with Gasteiger partial charge < -0.3 is 9.47 Å². The summed E-state index contributed by atoms with van der Waals surface area (Å²) in [6.07, 6.45) is 0.390. The largest absolute Gasteiger partial charge is 0.463 e. The monoisotopic (exact) mass is 232 g/mol. The molecule has 0 bridgehead atoms. The van der Waals surface area contributed by atoms with E-state index in [1.807, 2.05) is 30.3 Å². The summed E-state index contributed by atoms with van der Waals surface area (Å²) in [5.74, 6) is -1.05. The standard InChI is InChI=1S/C13H12O4/c1-2-16-13(15)12-10(8-11(14)17-12)9-6-4-3-5-7-9/h3-8,12H,2H2,1H3/t12-/m1/s1. The minimum atomic E-state index is -0.940. The number of ether oxygens (including phenoxy) is 2. The Bertz CT molecular complexity index is 462. The average molecular weight is 232 g/mol. The van der Waals surface area contributed by atoms with Crippen molar-refractivity contribution >= 4 is 17.5 Å². The van der Waals surface area contributed by atoms with Crippen LogP contribution in [0, 0.1) is 0 Å². The molecule has 0 radical (unpaired) electrons.